The fourth-order valence-corrected chi connectivity index (χ4v) is 9.49. The second-order valence-corrected chi connectivity index (χ2v) is 19.2. The van der Waals surface area contributed by atoms with Crippen LogP contribution in [0.4, 0.5) is 23.5 Å². The van der Waals surface area contributed by atoms with Crippen LogP contribution in [0.3, 0.4) is 0 Å². The summed E-state index contributed by atoms with van der Waals surface area (Å²) in [4.78, 5) is 59.6. The predicted molar refractivity (Wildman–Crippen MR) is 276 cm³/mol. The van der Waals surface area contributed by atoms with Gasteiger partial charge in [0.2, 0.25) is 23.5 Å². The van der Waals surface area contributed by atoms with Crippen LogP contribution >= 0.6 is 0 Å². The van der Waals surface area contributed by atoms with Gasteiger partial charge in [-0.2, -0.15) is 29.5 Å². The van der Waals surface area contributed by atoms with Crippen LogP contribution in [-0.2, 0) is 59.1 Å². The van der Waals surface area contributed by atoms with E-state index in [1.54, 1.807) is 21.8 Å². The van der Waals surface area contributed by atoms with Gasteiger partial charge in [0.25, 0.3) is 0 Å². The summed E-state index contributed by atoms with van der Waals surface area (Å²) in [5, 5.41) is 99.2. The number of hydrogen-bond acceptors (Lipinski definition) is 26. The molecule has 0 amide bonds. The van der Waals surface area contributed by atoms with Crippen LogP contribution in [0, 0.1) is 0 Å². The summed E-state index contributed by atoms with van der Waals surface area (Å²) in [6.45, 7) is 5.65. The summed E-state index contributed by atoms with van der Waals surface area (Å²) in [6.07, 6.45) is 6.13. The van der Waals surface area contributed by atoms with E-state index in [1.807, 2.05) is 49.5 Å². The van der Waals surface area contributed by atoms with E-state index in [4.69, 9.17) is 49.6 Å². The number of carboxylic acid groups (broad SMARTS) is 2. The first kappa shape index (κ1) is 54.6. The summed E-state index contributed by atoms with van der Waals surface area (Å²) >= 11 is 0. The monoisotopic (exact) mass is 1110 g/mol. The van der Waals surface area contributed by atoms with Crippen LogP contribution in [-0.4, -0.2) is 191 Å². The zero-order valence-corrected chi connectivity index (χ0v) is 43.7. The van der Waals surface area contributed by atoms with E-state index >= 15 is 0 Å². The van der Waals surface area contributed by atoms with Crippen molar-refractivity contribution in [3.63, 3.8) is 0 Å². The van der Waals surface area contributed by atoms with Crippen molar-refractivity contribution in [1.82, 2.24) is 98.6 Å². The summed E-state index contributed by atoms with van der Waals surface area (Å²) < 4.78 is 19.4. The Bertz CT molecular complexity index is 3230. The number of aromatic nitrogens is 20. The van der Waals surface area contributed by atoms with Gasteiger partial charge in [-0.3, -0.25) is 9.13 Å². The number of fused-ring (bicyclic) bond motifs is 2. The zero-order valence-electron chi connectivity index (χ0n) is 43.7. The topological polar surface area (TPSA) is 432 Å². The van der Waals surface area contributed by atoms with Gasteiger partial charge in [0.1, 0.15) is 24.4 Å². The van der Waals surface area contributed by atoms with Crippen molar-refractivity contribution in [3.8, 4) is 0 Å². The predicted octanol–water partition coefficient (Wildman–Crippen LogP) is -0.714. The smallest absolute Gasteiger partial charge is 0.328 e. The van der Waals surface area contributed by atoms with Crippen LogP contribution in [0.2, 0.25) is 0 Å². The maximum atomic E-state index is 11.3. The normalized spacial score (nSPS) is 23.9. The van der Waals surface area contributed by atoms with Gasteiger partial charge in [0, 0.05) is 76.7 Å². The molecular formula is C46H60N24O10. The number of nitrogens with zero attached hydrogens (tertiary/aromatic N) is 20. The van der Waals surface area contributed by atoms with Crippen molar-refractivity contribution < 1.29 is 49.7 Å². The zero-order chi connectivity index (χ0) is 56.2. The molecule has 0 spiro atoms. The number of anilines is 4. The van der Waals surface area contributed by atoms with Crippen LogP contribution in [0.1, 0.15) is 87.2 Å². The molecule has 34 nitrogen and oxygen atoms in total. The van der Waals surface area contributed by atoms with Gasteiger partial charge >= 0.3 is 11.9 Å². The standard InChI is InChI=1S/C42H56N24O6.C4H4O4/c1-5-65-57-35(55-59-65)31-27(67)29(69)39(71-31)63-19-47-25-33(51-41(53-37(25)63)43-13-11-23-15-61(3)17-45-23)49-21-7-9-22(10-8-21)50-34-26-38(54-42(52-34)44-14-12-24-16-62(4)18-46-24)64(20-48-26)40-30(70)28(68)32(72-40)36-56-60-66(6-2)58-36;5-3(6)1-2-4(7)8/h15-22,27-32,39-40,67-70H,5-14H2,1-4H3,(H2,43,49,51,53)(H2,44,50,52,54);1-2H,(H,5,6)(H,7,8)/b;2-1-/t21?,22?,27-,28-,29+,30+,31-,32-,39+,40+;/m0./s1. The molecule has 1 aliphatic carbocycles. The number of carboxylic acids is 2. The molecule has 8 aromatic rings. The minimum absolute atomic E-state index is 0.0123. The average molecular weight is 1110 g/mol. The number of rotatable bonds is 20. The Morgan fingerprint density at radius 3 is 1.36 bits per heavy atom. The number of aryl methyl sites for hydroxylation is 4. The maximum Gasteiger partial charge on any atom is 0.328 e. The fourth-order valence-electron chi connectivity index (χ4n) is 9.49. The number of aliphatic hydroxyl groups excluding tert-OH is 4. The number of carbonyl (C=O) groups is 2. The molecule has 2 aliphatic heterocycles. The molecule has 10 N–H and O–H groups in total. The largest absolute Gasteiger partial charge is 0.478 e. The Morgan fingerprint density at radius 2 is 1.01 bits per heavy atom. The van der Waals surface area contributed by atoms with E-state index in [0.717, 1.165) is 37.1 Å². The van der Waals surface area contributed by atoms with Gasteiger partial charge in [-0.25, -0.2) is 29.5 Å². The molecule has 11 rings (SSSR count). The fraction of sp³-hybridized carbons (Fsp3) is 0.522. The molecule has 80 heavy (non-hydrogen) atoms. The van der Waals surface area contributed by atoms with Gasteiger partial charge in [-0.1, -0.05) is 0 Å². The molecule has 0 aromatic carbocycles. The van der Waals surface area contributed by atoms with E-state index in [-0.39, 0.29) is 23.7 Å². The average Bonchev–Trinajstić information content (AvgIpc) is 4.34. The van der Waals surface area contributed by atoms with E-state index in [2.05, 4.69) is 62.1 Å². The Kier molecular flexibility index (Phi) is 16.2. The molecular weight excluding hydrogens is 1050 g/mol. The molecule has 1 saturated carbocycles. The quantitative estimate of drug-likeness (QED) is 0.0421. The molecule has 424 valence electrons. The Morgan fingerprint density at radius 1 is 0.600 bits per heavy atom. The first-order valence-electron chi connectivity index (χ1n) is 25.8. The molecule has 0 unspecified atom stereocenters. The number of hydrogen-bond donors (Lipinski definition) is 10. The van der Waals surface area contributed by atoms with Gasteiger partial charge in [-0.15, -0.1) is 20.4 Å². The van der Waals surface area contributed by atoms with Crippen LogP contribution < -0.4 is 21.3 Å². The van der Waals surface area contributed by atoms with Gasteiger partial charge in [-0.05, 0) is 50.0 Å². The lowest BCUT2D eigenvalue weighted by Crippen LogP contribution is -2.33. The third-order valence-corrected chi connectivity index (χ3v) is 13.5. The Hall–Kier alpha value is -8.70. The van der Waals surface area contributed by atoms with Gasteiger partial charge in [0.05, 0.1) is 49.8 Å². The first-order valence-corrected chi connectivity index (χ1v) is 25.8. The molecule has 10 heterocycles. The number of nitrogens with one attached hydrogen (secondary N) is 4. The molecule has 2 saturated heterocycles. The van der Waals surface area contributed by atoms with Crippen molar-refractivity contribution >= 4 is 57.8 Å². The second kappa shape index (κ2) is 23.7. The number of aliphatic carboxylic acids is 2. The third-order valence-electron chi connectivity index (χ3n) is 13.5. The van der Waals surface area contributed by atoms with E-state index in [0.29, 0.717) is 97.0 Å². The third kappa shape index (κ3) is 12.0. The van der Waals surface area contributed by atoms with E-state index < -0.39 is 61.0 Å². The van der Waals surface area contributed by atoms with Crippen molar-refractivity contribution in [3.05, 3.63) is 72.9 Å². The number of imidazole rings is 4. The number of ether oxygens (including phenoxy) is 2. The lowest BCUT2D eigenvalue weighted by atomic mass is 9.91. The van der Waals surface area contributed by atoms with E-state index in [1.165, 1.54) is 22.2 Å². The summed E-state index contributed by atoms with van der Waals surface area (Å²) in [7, 11) is 3.83. The van der Waals surface area contributed by atoms with Gasteiger partial charge < -0.3 is 70.5 Å². The highest BCUT2D eigenvalue weighted by molar-refractivity contribution is 5.89. The lowest BCUT2D eigenvalue weighted by Gasteiger charge is -2.30. The van der Waals surface area contributed by atoms with Gasteiger partial charge in [0.15, 0.2) is 58.6 Å². The van der Waals surface area contributed by atoms with Crippen LogP contribution in [0.15, 0.2) is 49.9 Å². The highest BCUT2D eigenvalue weighted by Crippen LogP contribution is 2.41. The Balaban J connectivity index is 0.000000837. The molecule has 0 radical (unpaired) electrons. The minimum atomic E-state index is -1.36. The van der Waals surface area contributed by atoms with Crippen molar-refractivity contribution in [1.29, 1.82) is 0 Å². The SMILES string of the molecule is CCn1nnc([C@H]2O[C@@H](n3cnc4c(NC5CCC(Nc6nc(NCCc7cn(C)cn7)nc7c6ncn7[C@@H]6O[C@H](c7nnn(CC)n7)[C@@H](O)[C@H]6O)CC5)nc(NCCc5cn(C)cn5)nc43)[C@H](O)[C@@H]2O)n1.O=C(O)/C=C\C(=O)O. The molecule has 34 heteroatoms. The first-order chi connectivity index (χ1) is 38.6. The molecule has 3 aliphatic rings. The number of tetrazole rings is 2. The van der Waals surface area contributed by atoms with Crippen molar-refractivity contribution in [2.75, 3.05) is 34.4 Å². The molecule has 3 fully saturated rings. The number of aliphatic hydroxyl groups is 4. The highest BCUT2D eigenvalue weighted by atomic mass is 16.6. The minimum Gasteiger partial charge on any atom is -0.478 e. The molecule has 8 aromatic heterocycles. The van der Waals surface area contributed by atoms with Crippen molar-refractivity contribution in [2.24, 2.45) is 14.1 Å². The summed E-state index contributed by atoms with van der Waals surface area (Å²) in [5.74, 6) is -0.565. The van der Waals surface area contributed by atoms with Crippen molar-refractivity contribution in [2.45, 2.75) is 127 Å². The summed E-state index contributed by atoms with van der Waals surface area (Å²) in [6, 6.07) is -0.0247. The van der Waals surface area contributed by atoms with Crippen LogP contribution in [0.25, 0.3) is 22.3 Å². The lowest BCUT2D eigenvalue weighted by molar-refractivity contribution is -0.134. The molecule has 0 bridgehead atoms. The van der Waals surface area contributed by atoms with E-state index in [9.17, 15) is 30.0 Å². The molecule has 8 atom stereocenters. The maximum absolute atomic E-state index is 11.3. The van der Waals surface area contributed by atoms with Crippen LogP contribution in [0.5, 0.6) is 0 Å². The Labute approximate surface area is 453 Å². The second-order valence-electron chi connectivity index (χ2n) is 19.2. The summed E-state index contributed by atoms with van der Waals surface area (Å²) in [5.41, 5.74) is 3.47. The highest BCUT2D eigenvalue weighted by Gasteiger charge is 2.48.